The fourth-order valence-electron chi connectivity index (χ4n) is 3.21. The van der Waals surface area contributed by atoms with E-state index in [1.807, 2.05) is 37.2 Å². The van der Waals surface area contributed by atoms with Crippen LogP contribution in [-0.2, 0) is 6.42 Å². The van der Waals surface area contributed by atoms with Gasteiger partial charge in [-0.2, -0.15) is 0 Å². The van der Waals surface area contributed by atoms with Crippen LogP contribution >= 0.6 is 23.7 Å². The molecule has 0 aliphatic carbocycles. The maximum atomic E-state index is 13.4. The number of hydrogen-bond acceptors (Lipinski definition) is 8. The average molecular weight is 494 g/mol. The maximum absolute atomic E-state index is 13.4. The van der Waals surface area contributed by atoms with Gasteiger partial charge in [-0.1, -0.05) is 24.3 Å². The van der Waals surface area contributed by atoms with E-state index in [0.717, 1.165) is 40.4 Å². The van der Waals surface area contributed by atoms with E-state index in [4.69, 9.17) is 0 Å². The number of aromatic nitrogens is 1. The number of anilines is 1. The van der Waals surface area contributed by atoms with Crippen molar-refractivity contribution >= 4 is 56.4 Å². The fraction of sp³-hybridized carbons (Fsp3) is 0.333. The third kappa shape index (κ3) is 6.21. The molecule has 0 N–H and O–H groups in total. The monoisotopic (exact) mass is 493 g/mol. The number of aryl methyl sites for hydroxylation is 1. The van der Waals surface area contributed by atoms with E-state index in [1.165, 1.54) is 16.2 Å². The van der Waals surface area contributed by atoms with Crippen molar-refractivity contribution in [2.24, 2.45) is 0 Å². The number of non-ortho nitro benzene ring substituents is 2. The summed E-state index contributed by atoms with van der Waals surface area (Å²) in [4.78, 5) is 42.4. The van der Waals surface area contributed by atoms with E-state index in [0.29, 0.717) is 24.6 Å². The lowest BCUT2D eigenvalue weighted by Gasteiger charge is -2.21. The molecule has 0 bridgehead atoms. The lowest BCUT2D eigenvalue weighted by molar-refractivity contribution is -0.394. The van der Waals surface area contributed by atoms with Crippen molar-refractivity contribution in [3.05, 3.63) is 67.8 Å². The molecule has 0 saturated carbocycles. The predicted octanol–water partition coefficient (Wildman–Crippen LogP) is 4.70. The number of carbonyl (C=O) groups is 1. The van der Waals surface area contributed by atoms with Crippen molar-refractivity contribution < 1.29 is 14.6 Å². The number of carbonyl (C=O) groups excluding carboxylic acids is 1. The molecule has 0 unspecified atom stereocenters. The molecule has 176 valence electrons. The van der Waals surface area contributed by atoms with Crippen molar-refractivity contribution in [1.82, 2.24) is 9.88 Å². The quantitative estimate of drug-likeness (QED) is 0.312. The molecule has 3 rings (SSSR count). The summed E-state index contributed by atoms with van der Waals surface area (Å²) >= 11 is 1.35. The molecule has 1 heterocycles. The van der Waals surface area contributed by atoms with Gasteiger partial charge in [0.1, 0.15) is 0 Å². The highest BCUT2D eigenvalue weighted by Gasteiger charge is 2.26. The van der Waals surface area contributed by atoms with Crippen LogP contribution in [0.2, 0.25) is 0 Å². The minimum absolute atomic E-state index is 0. The van der Waals surface area contributed by atoms with E-state index in [9.17, 15) is 25.0 Å². The second kappa shape index (κ2) is 11.1. The van der Waals surface area contributed by atoms with Crippen molar-refractivity contribution in [2.75, 3.05) is 32.1 Å². The molecule has 12 heteroatoms. The number of rotatable bonds is 9. The van der Waals surface area contributed by atoms with E-state index < -0.39 is 27.1 Å². The van der Waals surface area contributed by atoms with Crippen molar-refractivity contribution in [3.8, 4) is 0 Å². The lowest BCUT2D eigenvalue weighted by atomic mass is 10.1. The topological polar surface area (TPSA) is 123 Å². The molecule has 2 aromatic carbocycles. The van der Waals surface area contributed by atoms with E-state index >= 15 is 0 Å². The Morgan fingerprint density at radius 1 is 1.03 bits per heavy atom. The number of hydrogen-bond donors (Lipinski definition) is 0. The molecule has 0 atom stereocenters. The van der Waals surface area contributed by atoms with Crippen LogP contribution in [0.15, 0.2) is 36.4 Å². The zero-order valence-corrected chi connectivity index (χ0v) is 20.0. The number of benzene rings is 2. The standard InChI is InChI=1S/C21H23N5O5S.ClH/c1-4-14-6-7-18-19(10-14)32-21(22-18)24(9-5-8-23(2)3)20(27)15-11-16(25(28)29)13-17(12-15)26(30)31;/h6-7,10-13H,4-5,8-9H2,1-3H3;1H. The zero-order valence-electron chi connectivity index (χ0n) is 18.4. The first-order valence-electron chi connectivity index (χ1n) is 9.99. The Morgan fingerprint density at radius 2 is 1.67 bits per heavy atom. The highest BCUT2D eigenvalue weighted by atomic mass is 35.5. The van der Waals surface area contributed by atoms with E-state index in [1.54, 1.807) is 0 Å². The van der Waals surface area contributed by atoms with Crippen LogP contribution in [0.4, 0.5) is 16.5 Å². The minimum atomic E-state index is -0.746. The number of nitro groups is 2. The second-order valence-corrected chi connectivity index (χ2v) is 8.53. The van der Waals surface area contributed by atoms with Gasteiger partial charge in [0, 0.05) is 18.7 Å². The molecule has 0 fully saturated rings. The highest BCUT2D eigenvalue weighted by molar-refractivity contribution is 7.22. The molecular weight excluding hydrogens is 470 g/mol. The Bertz CT molecular complexity index is 1150. The first-order chi connectivity index (χ1) is 15.2. The van der Waals surface area contributed by atoms with Gasteiger partial charge in [0.25, 0.3) is 17.3 Å². The Morgan fingerprint density at radius 3 is 2.21 bits per heavy atom. The lowest BCUT2D eigenvalue weighted by Crippen LogP contribution is -2.33. The van der Waals surface area contributed by atoms with E-state index in [2.05, 4.69) is 11.9 Å². The number of amides is 1. The molecule has 3 aromatic rings. The van der Waals surface area contributed by atoms with Crippen LogP contribution < -0.4 is 4.90 Å². The Labute approximate surface area is 200 Å². The molecule has 0 aliphatic rings. The van der Waals surface area contributed by atoms with Gasteiger partial charge >= 0.3 is 0 Å². The number of halogens is 1. The first-order valence-corrected chi connectivity index (χ1v) is 10.8. The van der Waals surface area contributed by atoms with Gasteiger partial charge in [-0.05, 0) is 51.2 Å². The molecule has 0 radical (unpaired) electrons. The van der Waals surface area contributed by atoms with E-state index in [-0.39, 0.29) is 18.0 Å². The molecule has 0 saturated heterocycles. The average Bonchev–Trinajstić information content (AvgIpc) is 3.18. The van der Waals surface area contributed by atoms with Crippen LogP contribution in [0.3, 0.4) is 0 Å². The molecule has 33 heavy (non-hydrogen) atoms. The summed E-state index contributed by atoms with van der Waals surface area (Å²) in [5.41, 5.74) is 0.759. The van der Waals surface area contributed by atoms with Crippen LogP contribution in [0.1, 0.15) is 29.3 Å². The van der Waals surface area contributed by atoms with Crippen LogP contribution in [0.25, 0.3) is 10.2 Å². The number of thiazole rings is 1. The Balaban J connectivity index is 0.00000385. The summed E-state index contributed by atoms with van der Waals surface area (Å²) in [7, 11) is 3.83. The van der Waals surface area contributed by atoms with Crippen LogP contribution in [0.5, 0.6) is 0 Å². The smallest absolute Gasteiger partial charge is 0.277 e. The maximum Gasteiger partial charge on any atom is 0.277 e. The van der Waals surface area contributed by atoms with Crippen LogP contribution in [0, 0.1) is 20.2 Å². The fourth-order valence-corrected chi connectivity index (χ4v) is 4.26. The summed E-state index contributed by atoms with van der Waals surface area (Å²) in [5.74, 6) is -0.565. The summed E-state index contributed by atoms with van der Waals surface area (Å²) in [6.45, 7) is 3.08. The van der Waals surface area contributed by atoms with Crippen LogP contribution in [-0.4, -0.2) is 52.8 Å². The number of nitrogens with zero attached hydrogens (tertiary/aromatic N) is 5. The van der Waals surface area contributed by atoms with Gasteiger partial charge in [-0.25, -0.2) is 4.98 Å². The summed E-state index contributed by atoms with van der Waals surface area (Å²) < 4.78 is 0.926. The van der Waals surface area contributed by atoms with Crippen molar-refractivity contribution in [3.63, 3.8) is 0 Å². The largest absolute Gasteiger partial charge is 0.309 e. The number of fused-ring (bicyclic) bond motifs is 1. The SMILES string of the molecule is CCc1ccc2nc(N(CCCN(C)C)C(=O)c3cc([N+](=O)[O-])cc([N+](=O)[O-])c3)sc2c1.Cl. The van der Waals surface area contributed by atoms with Crippen molar-refractivity contribution in [1.29, 1.82) is 0 Å². The second-order valence-electron chi connectivity index (χ2n) is 7.52. The third-order valence-corrected chi connectivity index (χ3v) is 5.93. The zero-order chi connectivity index (χ0) is 23.4. The normalized spacial score (nSPS) is 10.8. The molecule has 1 amide bonds. The molecule has 1 aromatic heterocycles. The molecule has 10 nitrogen and oxygen atoms in total. The van der Waals surface area contributed by atoms with Gasteiger partial charge in [-0.3, -0.25) is 29.9 Å². The number of nitro benzene ring substituents is 2. The van der Waals surface area contributed by atoms with Crippen molar-refractivity contribution in [2.45, 2.75) is 19.8 Å². The Kier molecular flexibility index (Phi) is 8.80. The molecular formula is C21H24ClN5O5S. The Hall–Kier alpha value is -3.15. The predicted molar refractivity (Wildman–Crippen MR) is 131 cm³/mol. The first kappa shape index (κ1) is 26.1. The summed E-state index contributed by atoms with van der Waals surface area (Å²) in [6, 6.07) is 8.88. The molecule has 0 aliphatic heterocycles. The van der Waals surface area contributed by atoms with Gasteiger partial charge < -0.3 is 4.90 Å². The minimum Gasteiger partial charge on any atom is -0.309 e. The van der Waals surface area contributed by atoms with Gasteiger partial charge in [0.2, 0.25) is 0 Å². The van der Waals surface area contributed by atoms with Gasteiger partial charge in [0.05, 0.1) is 31.7 Å². The summed E-state index contributed by atoms with van der Waals surface area (Å²) in [6.07, 6.45) is 1.50. The van der Waals surface area contributed by atoms with Gasteiger partial charge in [-0.15, -0.1) is 12.4 Å². The highest BCUT2D eigenvalue weighted by Crippen LogP contribution is 2.32. The van der Waals surface area contributed by atoms with Gasteiger partial charge in [0.15, 0.2) is 5.13 Å². The summed E-state index contributed by atoms with van der Waals surface area (Å²) in [5, 5.41) is 23.0. The molecule has 0 spiro atoms. The third-order valence-electron chi connectivity index (χ3n) is 4.88.